The second-order valence-electron chi connectivity index (χ2n) is 6.18. The van der Waals surface area contributed by atoms with Crippen molar-refractivity contribution in [3.05, 3.63) is 95.3 Å². The van der Waals surface area contributed by atoms with Crippen LogP contribution in [0.25, 0.3) is 0 Å². The highest BCUT2D eigenvalue weighted by molar-refractivity contribution is 6.00. The van der Waals surface area contributed by atoms with E-state index in [1.165, 1.54) is 12.1 Å². The van der Waals surface area contributed by atoms with Gasteiger partial charge in [0.25, 0.3) is 0 Å². The molecule has 0 aromatic heterocycles. The van der Waals surface area contributed by atoms with Gasteiger partial charge in [0.1, 0.15) is 30.0 Å². The summed E-state index contributed by atoms with van der Waals surface area (Å²) in [5.41, 5.74) is 2.32. The van der Waals surface area contributed by atoms with E-state index in [2.05, 4.69) is 0 Å². The van der Waals surface area contributed by atoms with Gasteiger partial charge in [0.15, 0.2) is 5.78 Å². The number of ketones is 1. The summed E-state index contributed by atoms with van der Waals surface area (Å²) < 4.78 is 25.0. The van der Waals surface area contributed by atoms with Crippen LogP contribution in [0, 0.1) is 5.82 Å². The quantitative estimate of drug-likeness (QED) is 0.657. The Morgan fingerprint density at radius 1 is 0.962 bits per heavy atom. The van der Waals surface area contributed by atoms with E-state index >= 15 is 0 Å². The lowest BCUT2D eigenvalue weighted by Gasteiger charge is -2.26. The number of ether oxygens (including phenoxy) is 2. The molecule has 0 amide bonds. The zero-order valence-corrected chi connectivity index (χ0v) is 14.0. The van der Waals surface area contributed by atoms with Crippen molar-refractivity contribution in [2.75, 3.05) is 0 Å². The van der Waals surface area contributed by atoms with E-state index < -0.39 is 0 Å². The smallest absolute Gasteiger partial charge is 0.170 e. The van der Waals surface area contributed by atoms with Gasteiger partial charge in [-0.05, 0) is 35.9 Å². The number of benzene rings is 3. The van der Waals surface area contributed by atoms with Crippen molar-refractivity contribution in [3.8, 4) is 11.5 Å². The van der Waals surface area contributed by atoms with E-state index in [1.807, 2.05) is 36.4 Å². The van der Waals surface area contributed by atoms with Crippen LogP contribution in [0.1, 0.15) is 34.0 Å². The summed E-state index contributed by atoms with van der Waals surface area (Å²) in [4.78, 5) is 12.4. The number of hydrogen-bond acceptors (Lipinski definition) is 3. The van der Waals surface area contributed by atoms with Gasteiger partial charge in [0.05, 0.1) is 12.0 Å². The highest BCUT2D eigenvalue weighted by atomic mass is 19.1. The summed E-state index contributed by atoms with van der Waals surface area (Å²) in [5.74, 6) is 1.04. The van der Waals surface area contributed by atoms with Crippen molar-refractivity contribution >= 4 is 5.78 Å². The monoisotopic (exact) mass is 348 g/mol. The number of para-hydroxylation sites is 2. The van der Waals surface area contributed by atoms with Crippen LogP contribution < -0.4 is 9.47 Å². The van der Waals surface area contributed by atoms with Gasteiger partial charge in [-0.1, -0.05) is 42.5 Å². The number of fused-ring (bicyclic) bond motifs is 1. The second-order valence-corrected chi connectivity index (χ2v) is 6.18. The molecule has 0 spiro atoms. The van der Waals surface area contributed by atoms with Gasteiger partial charge in [-0.2, -0.15) is 0 Å². The Morgan fingerprint density at radius 2 is 1.69 bits per heavy atom. The standard InChI is InChI=1S/C22H17FO3/c23-16-11-9-15(10-12-16)14-25-20-7-3-2-6-18(20)22-13-19(24)17-5-1-4-8-21(17)26-22/h1-12,22H,13-14H2. The average molecular weight is 348 g/mol. The molecule has 130 valence electrons. The highest BCUT2D eigenvalue weighted by Crippen LogP contribution is 2.38. The Labute approximate surface area is 151 Å². The molecule has 1 atom stereocenters. The molecule has 0 fully saturated rings. The molecule has 3 nitrogen and oxygen atoms in total. The van der Waals surface area contributed by atoms with Crippen molar-refractivity contribution in [3.63, 3.8) is 0 Å². The third kappa shape index (κ3) is 3.31. The molecule has 26 heavy (non-hydrogen) atoms. The largest absolute Gasteiger partial charge is 0.488 e. The maximum Gasteiger partial charge on any atom is 0.170 e. The van der Waals surface area contributed by atoms with Crippen LogP contribution in [0.15, 0.2) is 72.8 Å². The van der Waals surface area contributed by atoms with Crippen LogP contribution in [-0.4, -0.2) is 5.78 Å². The van der Waals surface area contributed by atoms with Crippen LogP contribution >= 0.6 is 0 Å². The molecule has 0 bridgehead atoms. The molecule has 1 aliphatic heterocycles. The maximum atomic E-state index is 13.0. The van der Waals surface area contributed by atoms with Crippen molar-refractivity contribution < 1.29 is 18.7 Å². The topological polar surface area (TPSA) is 35.5 Å². The predicted octanol–water partition coefficient (Wildman–Crippen LogP) is 5.11. The lowest BCUT2D eigenvalue weighted by molar-refractivity contribution is 0.0845. The van der Waals surface area contributed by atoms with Gasteiger partial charge < -0.3 is 9.47 Å². The van der Waals surface area contributed by atoms with E-state index in [-0.39, 0.29) is 24.1 Å². The molecular weight excluding hydrogens is 331 g/mol. The zero-order valence-electron chi connectivity index (χ0n) is 14.0. The minimum atomic E-state index is -0.387. The van der Waals surface area contributed by atoms with Crippen LogP contribution in [0.2, 0.25) is 0 Å². The Morgan fingerprint density at radius 3 is 2.54 bits per heavy atom. The first-order valence-corrected chi connectivity index (χ1v) is 8.46. The molecule has 1 unspecified atom stereocenters. The predicted molar refractivity (Wildman–Crippen MR) is 95.9 cm³/mol. The van der Waals surface area contributed by atoms with E-state index in [1.54, 1.807) is 24.3 Å². The summed E-state index contributed by atoms with van der Waals surface area (Å²) in [7, 11) is 0. The van der Waals surface area contributed by atoms with Crippen molar-refractivity contribution in [1.29, 1.82) is 0 Å². The highest BCUT2D eigenvalue weighted by Gasteiger charge is 2.29. The van der Waals surface area contributed by atoms with Crippen LogP contribution in [-0.2, 0) is 6.61 Å². The first kappa shape index (κ1) is 16.3. The molecular formula is C22H17FO3. The molecule has 0 saturated heterocycles. The molecule has 4 heteroatoms. The number of halogens is 1. The Bertz CT molecular complexity index is 934. The average Bonchev–Trinajstić information content (AvgIpc) is 2.68. The fourth-order valence-corrected chi connectivity index (χ4v) is 3.07. The molecule has 0 saturated carbocycles. The van der Waals surface area contributed by atoms with E-state index in [0.29, 0.717) is 23.7 Å². The Balaban J connectivity index is 1.56. The van der Waals surface area contributed by atoms with Gasteiger partial charge in [0.2, 0.25) is 0 Å². The lowest BCUT2D eigenvalue weighted by Crippen LogP contribution is -2.20. The Hall–Kier alpha value is -3.14. The van der Waals surface area contributed by atoms with Crippen LogP contribution in [0.3, 0.4) is 0 Å². The van der Waals surface area contributed by atoms with Crippen LogP contribution in [0.5, 0.6) is 11.5 Å². The van der Waals surface area contributed by atoms with Gasteiger partial charge in [-0.15, -0.1) is 0 Å². The summed E-state index contributed by atoms with van der Waals surface area (Å²) in [6, 6.07) is 21.0. The van der Waals surface area contributed by atoms with E-state index in [9.17, 15) is 9.18 Å². The first-order chi connectivity index (χ1) is 12.7. The van der Waals surface area contributed by atoms with Crippen molar-refractivity contribution in [1.82, 2.24) is 0 Å². The fourth-order valence-electron chi connectivity index (χ4n) is 3.07. The minimum Gasteiger partial charge on any atom is -0.488 e. The molecule has 3 aromatic carbocycles. The molecule has 3 aromatic rings. The third-order valence-electron chi connectivity index (χ3n) is 4.40. The van der Waals surface area contributed by atoms with Crippen molar-refractivity contribution in [2.45, 2.75) is 19.1 Å². The molecule has 1 aliphatic rings. The van der Waals surface area contributed by atoms with E-state index in [0.717, 1.165) is 11.1 Å². The first-order valence-electron chi connectivity index (χ1n) is 8.46. The van der Waals surface area contributed by atoms with Crippen LogP contribution in [0.4, 0.5) is 4.39 Å². The van der Waals surface area contributed by atoms with Gasteiger partial charge in [-0.25, -0.2) is 4.39 Å². The number of Topliss-reactive ketones (excluding diaryl/α,β-unsaturated/α-hetero) is 1. The lowest BCUT2D eigenvalue weighted by atomic mass is 9.96. The van der Waals surface area contributed by atoms with E-state index in [4.69, 9.17) is 9.47 Å². The zero-order chi connectivity index (χ0) is 17.9. The second kappa shape index (κ2) is 7.00. The molecule has 0 aliphatic carbocycles. The minimum absolute atomic E-state index is 0.0604. The van der Waals surface area contributed by atoms with Crippen molar-refractivity contribution in [2.24, 2.45) is 0 Å². The maximum absolute atomic E-state index is 13.0. The molecule has 0 N–H and O–H groups in total. The summed E-state index contributed by atoms with van der Waals surface area (Å²) in [6.07, 6.45) is -0.115. The number of carbonyl (C=O) groups excluding carboxylic acids is 1. The molecule has 0 radical (unpaired) electrons. The summed E-state index contributed by atoms with van der Waals surface area (Å²) >= 11 is 0. The number of carbonyl (C=O) groups is 1. The normalized spacial score (nSPS) is 15.9. The van der Waals surface area contributed by atoms with Gasteiger partial charge in [0, 0.05) is 5.56 Å². The molecule has 4 rings (SSSR count). The third-order valence-corrected chi connectivity index (χ3v) is 4.40. The summed E-state index contributed by atoms with van der Waals surface area (Å²) in [5, 5.41) is 0. The fraction of sp³-hybridized carbons (Fsp3) is 0.136. The Kier molecular flexibility index (Phi) is 4.40. The SMILES string of the molecule is O=C1CC(c2ccccc2OCc2ccc(F)cc2)Oc2ccccc21. The number of hydrogen-bond donors (Lipinski definition) is 0. The van der Waals surface area contributed by atoms with Gasteiger partial charge >= 0.3 is 0 Å². The van der Waals surface area contributed by atoms with Gasteiger partial charge in [-0.3, -0.25) is 4.79 Å². The molecule has 1 heterocycles. The number of rotatable bonds is 4. The summed E-state index contributed by atoms with van der Waals surface area (Å²) in [6.45, 7) is 0.314.